The summed E-state index contributed by atoms with van der Waals surface area (Å²) in [5.74, 6) is 0.636. The molecule has 0 amide bonds. The number of benzene rings is 1. The number of hydrogen-bond acceptors (Lipinski definition) is 4. The molecule has 2 aromatic rings. The van der Waals surface area contributed by atoms with Crippen molar-refractivity contribution in [1.82, 2.24) is 4.98 Å². The first-order chi connectivity index (χ1) is 9.27. The third-order valence-electron chi connectivity index (χ3n) is 2.73. The van der Waals surface area contributed by atoms with E-state index < -0.39 is 0 Å². The second-order valence-corrected chi connectivity index (χ2v) is 3.84. The minimum absolute atomic E-state index is 0.382. The maximum Gasteiger partial charge on any atom is 0.128 e. The molecule has 0 spiro atoms. The molecule has 0 bridgehead atoms. The molecule has 2 N–H and O–H groups in total. The monoisotopic (exact) mass is 251 g/mol. The molecule has 1 aromatic heterocycles. The second-order valence-electron chi connectivity index (χ2n) is 3.84. The largest absolute Gasteiger partial charge is 0.496 e. The maximum atomic E-state index is 9.32. The summed E-state index contributed by atoms with van der Waals surface area (Å²) >= 11 is 0. The number of rotatable bonds is 3. The zero-order valence-electron chi connectivity index (χ0n) is 10.5. The van der Waals surface area contributed by atoms with Gasteiger partial charge in [-0.25, -0.2) is 0 Å². The highest BCUT2D eigenvalue weighted by Crippen LogP contribution is 2.28. The molecule has 0 aliphatic carbocycles. The van der Waals surface area contributed by atoms with Gasteiger partial charge in [-0.1, -0.05) is 18.2 Å². The predicted molar refractivity (Wildman–Crippen MR) is 73.8 cm³/mol. The minimum atomic E-state index is 0.382. The molecule has 1 aromatic carbocycles. The van der Waals surface area contributed by atoms with Crippen molar-refractivity contribution in [2.24, 2.45) is 5.73 Å². The van der Waals surface area contributed by atoms with Crippen LogP contribution in [0.15, 0.2) is 48.8 Å². The first-order valence-electron chi connectivity index (χ1n) is 5.71. The summed E-state index contributed by atoms with van der Waals surface area (Å²) in [5.41, 5.74) is 8.26. The molecular formula is C15H13N3O. The van der Waals surface area contributed by atoms with Gasteiger partial charge in [0, 0.05) is 23.5 Å². The fourth-order valence-corrected chi connectivity index (χ4v) is 1.79. The van der Waals surface area contributed by atoms with Crippen molar-refractivity contribution >= 4 is 11.3 Å². The van der Waals surface area contributed by atoms with Crippen LogP contribution in [0.5, 0.6) is 5.75 Å². The average Bonchev–Trinajstić information content (AvgIpc) is 2.49. The van der Waals surface area contributed by atoms with Crippen LogP contribution in [0.2, 0.25) is 0 Å². The van der Waals surface area contributed by atoms with Crippen molar-refractivity contribution in [1.29, 1.82) is 5.26 Å². The lowest BCUT2D eigenvalue weighted by atomic mass is 10.0. The molecule has 19 heavy (non-hydrogen) atoms. The van der Waals surface area contributed by atoms with Crippen molar-refractivity contribution in [3.05, 3.63) is 59.9 Å². The summed E-state index contributed by atoms with van der Waals surface area (Å²) in [4.78, 5) is 4.00. The Balaban J connectivity index is 2.59. The van der Waals surface area contributed by atoms with Gasteiger partial charge in [-0.2, -0.15) is 5.26 Å². The Hall–Kier alpha value is -2.80. The Morgan fingerprint density at radius 2 is 2.05 bits per heavy atom. The van der Waals surface area contributed by atoms with Crippen LogP contribution in [0.3, 0.4) is 0 Å². The smallest absolute Gasteiger partial charge is 0.128 e. The van der Waals surface area contributed by atoms with E-state index in [1.54, 1.807) is 37.7 Å². The lowest BCUT2D eigenvalue weighted by molar-refractivity contribution is 0.413. The zero-order valence-corrected chi connectivity index (χ0v) is 10.5. The molecule has 0 aliphatic rings. The van der Waals surface area contributed by atoms with Crippen LogP contribution >= 0.6 is 0 Å². The molecule has 4 nitrogen and oxygen atoms in total. The summed E-state index contributed by atoms with van der Waals surface area (Å²) in [6, 6.07) is 13.0. The van der Waals surface area contributed by atoms with E-state index >= 15 is 0 Å². The van der Waals surface area contributed by atoms with Crippen LogP contribution in [-0.2, 0) is 0 Å². The third-order valence-corrected chi connectivity index (χ3v) is 2.73. The molecular weight excluding hydrogens is 238 g/mol. The Kier molecular flexibility index (Phi) is 3.79. The fraction of sp³-hybridized carbons (Fsp3) is 0.0667. The van der Waals surface area contributed by atoms with E-state index in [1.807, 2.05) is 18.2 Å². The van der Waals surface area contributed by atoms with Crippen LogP contribution in [0, 0.1) is 11.3 Å². The van der Waals surface area contributed by atoms with Gasteiger partial charge in [0.25, 0.3) is 0 Å². The summed E-state index contributed by atoms with van der Waals surface area (Å²) in [7, 11) is 1.57. The highest BCUT2D eigenvalue weighted by atomic mass is 16.5. The van der Waals surface area contributed by atoms with E-state index in [9.17, 15) is 5.26 Å². The Labute approximate surface area is 111 Å². The lowest BCUT2D eigenvalue weighted by Gasteiger charge is -2.10. The van der Waals surface area contributed by atoms with E-state index in [1.165, 1.54) is 0 Å². The Bertz CT molecular complexity index is 642. The van der Waals surface area contributed by atoms with Gasteiger partial charge in [0.05, 0.1) is 18.4 Å². The second kappa shape index (κ2) is 5.69. The Morgan fingerprint density at radius 3 is 2.68 bits per heavy atom. The molecule has 0 fully saturated rings. The number of hydrogen-bond donors (Lipinski definition) is 1. The van der Waals surface area contributed by atoms with Crippen LogP contribution in [0.4, 0.5) is 0 Å². The minimum Gasteiger partial charge on any atom is -0.496 e. The summed E-state index contributed by atoms with van der Waals surface area (Å²) < 4.78 is 5.26. The zero-order chi connectivity index (χ0) is 13.7. The van der Waals surface area contributed by atoms with E-state index in [4.69, 9.17) is 10.5 Å². The highest BCUT2D eigenvalue weighted by Gasteiger charge is 2.12. The number of para-hydroxylation sites is 1. The van der Waals surface area contributed by atoms with Gasteiger partial charge in [-0.05, 0) is 18.2 Å². The topological polar surface area (TPSA) is 71.9 Å². The van der Waals surface area contributed by atoms with E-state index in [0.29, 0.717) is 28.1 Å². The molecule has 4 heteroatoms. The molecule has 0 aliphatic heterocycles. The molecule has 2 rings (SSSR count). The lowest BCUT2D eigenvalue weighted by Crippen LogP contribution is -2.03. The van der Waals surface area contributed by atoms with Crippen LogP contribution in [0.25, 0.3) is 11.3 Å². The standard InChI is InChI=1S/C15H13N3O/c1-19-14-7-3-2-6-12(14)15(17)13(9-16)11-5-4-8-18-10-11/h2-8,10H,17H2,1H3/b15-13+. The molecule has 0 saturated carbocycles. The molecule has 0 atom stereocenters. The molecule has 0 saturated heterocycles. The van der Waals surface area contributed by atoms with E-state index in [-0.39, 0.29) is 0 Å². The van der Waals surface area contributed by atoms with Gasteiger partial charge in [0.15, 0.2) is 0 Å². The van der Waals surface area contributed by atoms with Crippen molar-refractivity contribution in [2.75, 3.05) is 7.11 Å². The first kappa shape index (κ1) is 12.7. The quantitative estimate of drug-likeness (QED) is 0.850. The average molecular weight is 251 g/mol. The van der Waals surface area contributed by atoms with Crippen molar-refractivity contribution in [3.8, 4) is 11.8 Å². The van der Waals surface area contributed by atoms with Crippen molar-refractivity contribution in [3.63, 3.8) is 0 Å². The number of nitriles is 1. The maximum absolute atomic E-state index is 9.32. The normalized spacial score (nSPS) is 11.4. The molecule has 1 heterocycles. The van der Waals surface area contributed by atoms with Crippen LogP contribution in [0.1, 0.15) is 11.1 Å². The van der Waals surface area contributed by atoms with Gasteiger partial charge >= 0.3 is 0 Å². The van der Waals surface area contributed by atoms with E-state index in [2.05, 4.69) is 11.1 Å². The fourth-order valence-electron chi connectivity index (χ4n) is 1.79. The third kappa shape index (κ3) is 2.55. The summed E-state index contributed by atoms with van der Waals surface area (Å²) in [5, 5.41) is 9.32. The molecule has 0 unspecified atom stereocenters. The van der Waals surface area contributed by atoms with Crippen LogP contribution in [-0.4, -0.2) is 12.1 Å². The summed E-state index contributed by atoms with van der Waals surface area (Å²) in [6.07, 6.45) is 3.26. The van der Waals surface area contributed by atoms with Gasteiger partial charge < -0.3 is 10.5 Å². The number of ether oxygens (including phenoxy) is 1. The molecule has 0 radical (unpaired) electrons. The van der Waals surface area contributed by atoms with Gasteiger partial charge in [-0.3, -0.25) is 4.98 Å². The number of nitrogens with zero attached hydrogens (tertiary/aromatic N) is 2. The SMILES string of the molecule is COc1ccccc1/C(N)=C(/C#N)c1cccnc1. The number of methoxy groups -OCH3 is 1. The highest BCUT2D eigenvalue weighted by molar-refractivity contribution is 5.96. The van der Waals surface area contributed by atoms with Crippen LogP contribution < -0.4 is 10.5 Å². The summed E-state index contributed by atoms with van der Waals surface area (Å²) in [6.45, 7) is 0. The number of aromatic nitrogens is 1. The van der Waals surface area contributed by atoms with Gasteiger partial charge in [0.1, 0.15) is 11.8 Å². The van der Waals surface area contributed by atoms with Gasteiger partial charge in [0.2, 0.25) is 0 Å². The number of allylic oxidation sites excluding steroid dienone is 1. The van der Waals surface area contributed by atoms with Crippen molar-refractivity contribution in [2.45, 2.75) is 0 Å². The van der Waals surface area contributed by atoms with Crippen molar-refractivity contribution < 1.29 is 4.74 Å². The number of pyridine rings is 1. The molecule has 94 valence electrons. The van der Waals surface area contributed by atoms with Gasteiger partial charge in [-0.15, -0.1) is 0 Å². The predicted octanol–water partition coefficient (Wildman–Crippen LogP) is 2.44. The first-order valence-corrected chi connectivity index (χ1v) is 5.71. The number of nitrogens with two attached hydrogens (primary N) is 1. The Morgan fingerprint density at radius 1 is 1.26 bits per heavy atom. The van der Waals surface area contributed by atoms with E-state index in [0.717, 1.165) is 0 Å².